The zero-order chi connectivity index (χ0) is 18.8. The highest BCUT2D eigenvalue weighted by Crippen LogP contribution is 2.30. The molecule has 3 aromatic carbocycles. The first-order valence-corrected chi connectivity index (χ1v) is 9.00. The van der Waals surface area contributed by atoms with Gasteiger partial charge in [-0.3, -0.25) is 0 Å². The van der Waals surface area contributed by atoms with Crippen LogP contribution in [0.15, 0.2) is 82.2 Å². The molecule has 134 valence electrons. The van der Waals surface area contributed by atoms with Gasteiger partial charge in [0.1, 0.15) is 17.1 Å². The summed E-state index contributed by atoms with van der Waals surface area (Å²) in [6, 6.07) is 23.3. The lowest BCUT2D eigenvalue weighted by Crippen LogP contribution is -2.03. The highest BCUT2D eigenvalue weighted by Gasteiger charge is 2.10. The molecule has 0 amide bonds. The molecule has 0 saturated carbocycles. The van der Waals surface area contributed by atoms with E-state index in [2.05, 4.69) is 6.92 Å². The Morgan fingerprint density at radius 1 is 0.926 bits per heavy atom. The molecule has 4 aromatic rings. The molecule has 0 unspecified atom stereocenters. The van der Waals surface area contributed by atoms with E-state index in [9.17, 15) is 0 Å². The minimum Gasteiger partial charge on any atom is -0.497 e. The molecule has 0 spiro atoms. The molecule has 4 heteroatoms. The number of halogens is 1. The summed E-state index contributed by atoms with van der Waals surface area (Å²) < 4.78 is 11.5. The van der Waals surface area contributed by atoms with Crippen LogP contribution in [-0.4, -0.2) is 7.11 Å². The third-order valence-corrected chi connectivity index (χ3v) is 4.70. The Morgan fingerprint density at radius 2 is 1.70 bits per heavy atom. The summed E-state index contributed by atoms with van der Waals surface area (Å²) in [5.74, 6) is 1.42. The van der Waals surface area contributed by atoms with Crippen molar-refractivity contribution in [2.24, 2.45) is 4.99 Å². The highest BCUT2D eigenvalue weighted by atomic mass is 35.5. The van der Waals surface area contributed by atoms with Gasteiger partial charge in [-0.1, -0.05) is 41.4 Å². The molecule has 0 aliphatic rings. The van der Waals surface area contributed by atoms with E-state index in [1.165, 1.54) is 5.56 Å². The van der Waals surface area contributed by atoms with Crippen LogP contribution in [-0.2, 0) is 0 Å². The third kappa shape index (κ3) is 3.60. The minimum atomic E-state index is 0.635. The SMILES string of the molecule is COc1ccc2oc(-c3ccccc3Cl)cc(=Nc3ccc(C)cc3)c2c1. The number of benzene rings is 3. The molecular formula is C23H18ClNO2. The Balaban J connectivity index is 2.01. The maximum absolute atomic E-state index is 6.38. The Kier molecular flexibility index (Phi) is 4.69. The van der Waals surface area contributed by atoms with Gasteiger partial charge in [-0.05, 0) is 49.4 Å². The fourth-order valence-corrected chi connectivity index (χ4v) is 3.15. The maximum atomic E-state index is 6.38. The molecule has 1 heterocycles. The summed E-state index contributed by atoms with van der Waals surface area (Å²) in [5.41, 5.74) is 3.62. The van der Waals surface area contributed by atoms with Gasteiger partial charge in [0.2, 0.25) is 0 Å². The Morgan fingerprint density at radius 3 is 2.44 bits per heavy atom. The lowest BCUT2D eigenvalue weighted by molar-refractivity contribution is 0.415. The van der Waals surface area contributed by atoms with Crippen LogP contribution in [0, 0.1) is 6.92 Å². The molecule has 0 aliphatic heterocycles. The number of aryl methyl sites for hydroxylation is 1. The van der Waals surface area contributed by atoms with E-state index in [0.29, 0.717) is 10.8 Å². The Labute approximate surface area is 162 Å². The van der Waals surface area contributed by atoms with Gasteiger partial charge in [-0.15, -0.1) is 0 Å². The second-order valence-electron chi connectivity index (χ2n) is 6.29. The average Bonchev–Trinajstić information content (AvgIpc) is 2.69. The van der Waals surface area contributed by atoms with Crippen molar-refractivity contribution in [2.75, 3.05) is 7.11 Å². The van der Waals surface area contributed by atoms with E-state index in [-0.39, 0.29) is 0 Å². The average molecular weight is 376 g/mol. The predicted octanol–water partition coefficient (Wildman–Crippen LogP) is 6.30. The number of fused-ring (bicyclic) bond motifs is 1. The van der Waals surface area contributed by atoms with Crippen molar-refractivity contribution in [2.45, 2.75) is 6.92 Å². The van der Waals surface area contributed by atoms with Crippen LogP contribution in [0.3, 0.4) is 0 Å². The van der Waals surface area contributed by atoms with Crippen molar-refractivity contribution in [1.82, 2.24) is 0 Å². The molecule has 0 N–H and O–H groups in total. The second-order valence-corrected chi connectivity index (χ2v) is 6.69. The zero-order valence-electron chi connectivity index (χ0n) is 15.1. The van der Waals surface area contributed by atoms with E-state index in [1.807, 2.05) is 72.8 Å². The topological polar surface area (TPSA) is 34.7 Å². The molecule has 0 saturated heterocycles. The highest BCUT2D eigenvalue weighted by molar-refractivity contribution is 6.33. The maximum Gasteiger partial charge on any atom is 0.138 e. The van der Waals surface area contributed by atoms with E-state index in [0.717, 1.165) is 33.3 Å². The Hall–Kier alpha value is -3.04. The van der Waals surface area contributed by atoms with E-state index in [4.69, 9.17) is 25.7 Å². The summed E-state index contributed by atoms with van der Waals surface area (Å²) in [6.07, 6.45) is 0. The molecule has 0 bridgehead atoms. The van der Waals surface area contributed by atoms with E-state index < -0.39 is 0 Å². The summed E-state index contributed by atoms with van der Waals surface area (Å²) in [5, 5.41) is 2.31. The zero-order valence-corrected chi connectivity index (χ0v) is 15.8. The summed E-state index contributed by atoms with van der Waals surface area (Å²) in [4.78, 5) is 4.84. The van der Waals surface area contributed by atoms with Gasteiger partial charge in [-0.2, -0.15) is 0 Å². The first kappa shape index (κ1) is 17.4. The summed E-state index contributed by atoms with van der Waals surface area (Å²) in [6.45, 7) is 2.06. The number of hydrogen-bond acceptors (Lipinski definition) is 3. The lowest BCUT2D eigenvalue weighted by atomic mass is 10.1. The van der Waals surface area contributed by atoms with Gasteiger partial charge in [0, 0.05) is 17.0 Å². The van der Waals surface area contributed by atoms with Crippen LogP contribution < -0.4 is 10.1 Å². The van der Waals surface area contributed by atoms with Crippen LogP contribution in [0.2, 0.25) is 5.02 Å². The Bertz CT molecular complexity index is 1180. The molecule has 0 fully saturated rings. The smallest absolute Gasteiger partial charge is 0.138 e. The largest absolute Gasteiger partial charge is 0.497 e. The van der Waals surface area contributed by atoms with Gasteiger partial charge in [0.05, 0.1) is 23.2 Å². The normalized spacial score (nSPS) is 11.7. The summed E-state index contributed by atoms with van der Waals surface area (Å²) in [7, 11) is 1.65. The second kappa shape index (κ2) is 7.29. The van der Waals surface area contributed by atoms with Crippen molar-refractivity contribution >= 4 is 28.3 Å². The quantitative estimate of drug-likeness (QED) is 0.421. The molecule has 27 heavy (non-hydrogen) atoms. The van der Waals surface area contributed by atoms with Crippen molar-refractivity contribution in [3.8, 4) is 17.1 Å². The number of rotatable bonds is 3. The number of nitrogens with zero attached hydrogens (tertiary/aromatic N) is 1. The van der Waals surface area contributed by atoms with Gasteiger partial charge in [-0.25, -0.2) is 4.99 Å². The lowest BCUT2D eigenvalue weighted by Gasteiger charge is -2.08. The fraction of sp³-hybridized carbons (Fsp3) is 0.0870. The van der Waals surface area contributed by atoms with Crippen molar-refractivity contribution in [3.63, 3.8) is 0 Å². The van der Waals surface area contributed by atoms with E-state index in [1.54, 1.807) is 7.11 Å². The predicted molar refractivity (Wildman–Crippen MR) is 110 cm³/mol. The van der Waals surface area contributed by atoms with Gasteiger partial charge < -0.3 is 9.15 Å². The molecule has 3 nitrogen and oxygen atoms in total. The first-order valence-electron chi connectivity index (χ1n) is 8.62. The van der Waals surface area contributed by atoms with Crippen LogP contribution in [0.4, 0.5) is 5.69 Å². The van der Waals surface area contributed by atoms with Crippen molar-refractivity contribution < 1.29 is 9.15 Å². The van der Waals surface area contributed by atoms with Gasteiger partial charge in [0.15, 0.2) is 0 Å². The molecule has 0 atom stereocenters. The number of ether oxygens (including phenoxy) is 1. The number of hydrogen-bond donors (Lipinski definition) is 0. The van der Waals surface area contributed by atoms with Crippen molar-refractivity contribution in [1.29, 1.82) is 0 Å². The molecule has 4 rings (SSSR count). The first-order chi connectivity index (χ1) is 13.1. The molecule has 0 aliphatic carbocycles. The molecule has 1 aromatic heterocycles. The fourth-order valence-electron chi connectivity index (χ4n) is 2.92. The molecule has 0 radical (unpaired) electrons. The monoisotopic (exact) mass is 375 g/mol. The van der Waals surface area contributed by atoms with Crippen molar-refractivity contribution in [3.05, 3.63) is 88.7 Å². The van der Waals surface area contributed by atoms with Crippen LogP contribution >= 0.6 is 11.6 Å². The van der Waals surface area contributed by atoms with Crippen LogP contribution in [0.1, 0.15) is 5.56 Å². The van der Waals surface area contributed by atoms with Gasteiger partial charge >= 0.3 is 0 Å². The van der Waals surface area contributed by atoms with E-state index >= 15 is 0 Å². The van der Waals surface area contributed by atoms with Gasteiger partial charge in [0.25, 0.3) is 0 Å². The standard InChI is InChI=1S/C23H18ClNO2/c1-15-7-9-16(10-8-15)25-21-14-23(18-5-3-4-6-20(18)24)27-22-12-11-17(26-2)13-19(21)22/h3-14H,1-2H3. The minimum absolute atomic E-state index is 0.635. The van der Waals surface area contributed by atoms with Crippen LogP contribution in [0.25, 0.3) is 22.3 Å². The third-order valence-electron chi connectivity index (χ3n) is 4.37. The van der Waals surface area contributed by atoms with Crippen LogP contribution in [0.5, 0.6) is 5.75 Å². The number of methoxy groups -OCH3 is 1. The summed E-state index contributed by atoms with van der Waals surface area (Å²) >= 11 is 6.38. The molecular weight excluding hydrogens is 358 g/mol.